The van der Waals surface area contributed by atoms with Crippen LogP contribution in [0.15, 0.2) is 30.7 Å². The number of aryl methyl sites for hydroxylation is 3. The van der Waals surface area contributed by atoms with Crippen molar-refractivity contribution < 1.29 is 9.59 Å². The highest BCUT2D eigenvalue weighted by Gasteiger charge is 2.23. The zero-order valence-electron chi connectivity index (χ0n) is 14.8. The molecule has 0 aliphatic rings. The SMILES string of the molecule is CCn1ccc(NC(=O)c2cnn(C)c2C(=O)Nc2ccn(CC)n2)n1. The Morgan fingerprint density at radius 3 is 2.00 bits per heavy atom. The molecule has 136 valence electrons. The van der Waals surface area contributed by atoms with Crippen molar-refractivity contribution in [1.29, 1.82) is 0 Å². The number of hydrogen-bond acceptors (Lipinski definition) is 5. The van der Waals surface area contributed by atoms with Crippen molar-refractivity contribution in [1.82, 2.24) is 29.3 Å². The molecule has 0 unspecified atom stereocenters. The molecule has 0 aliphatic heterocycles. The van der Waals surface area contributed by atoms with Crippen LogP contribution in [-0.4, -0.2) is 41.2 Å². The zero-order valence-corrected chi connectivity index (χ0v) is 14.8. The average Bonchev–Trinajstić information content (AvgIpc) is 3.34. The molecule has 0 spiro atoms. The fraction of sp³-hybridized carbons (Fsp3) is 0.312. The second kappa shape index (κ2) is 7.21. The first-order chi connectivity index (χ1) is 12.5. The van der Waals surface area contributed by atoms with Crippen LogP contribution in [0.25, 0.3) is 0 Å². The standard InChI is InChI=1S/C16H20N8O2/c1-4-23-8-6-12(20-23)18-15(25)11-10-17-22(3)14(11)16(26)19-13-7-9-24(5-2)21-13/h6-10H,4-5H2,1-3H3,(H,18,20,25)(H,19,21,26). The summed E-state index contributed by atoms with van der Waals surface area (Å²) in [5.41, 5.74) is 0.300. The van der Waals surface area contributed by atoms with Crippen LogP contribution >= 0.6 is 0 Å². The summed E-state index contributed by atoms with van der Waals surface area (Å²) in [6.45, 7) is 5.28. The van der Waals surface area contributed by atoms with E-state index in [2.05, 4.69) is 25.9 Å². The van der Waals surface area contributed by atoms with Crippen molar-refractivity contribution in [2.24, 2.45) is 7.05 Å². The Balaban J connectivity index is 1.78. The summed E-state index contributed by atoms with van der Waals surface area (Å²) in [5, 5.41) is 17.8. The molecule has 0 radical (unpaired) electrons. The number of amides is 2. The van der Waals surface area contributed by atoms with Gasteiger partial charge >= 0.3 is 0 Å². The van der Waals surface area contributed by atoms with Gasteiger partial charge in [-0.05, 0) is 13.8 Å². The topological polar surface area (TPSA) is 112 Å². The lowest BCUT2D eigenvalue weighted by Gasteiger charge is -2.06. The van der Waals surface area contributed by atoms with Gasteiger partial charge in [0.1, 0.15) is 5.69 Å². The van der Waals surface area contributed by atoms with E-state index in [4.69, 9.17) is 0 Å². The van der Waals surface area contributed by atoms with E-state index >= 15 is 0 Å². The smallest absolute Gasteiger partial charge is 0.275 e. The van der Waals surface area contributed by atoms with E-state index in [1.165, 1.54) is 10.9 Å². The number of carbonyl (C=O) groups excluding carboxylic acids is 2. The number of nitrogens with zero attached hydrogens (tertiary/aromatic N) is 6. The average molecular weight is 356 g/mol. The fourth-order valence-electron chi connectivity index (χ4n) is 2.44. The summed E-state index contributed by atoms with van der Waals surface area (Å²) in [4.78, 5) is 25.1. The van der Waals surface area contributed by atoms with Crippen LogP contribution in [0.1, 0.15) is 34.7 Å². The van der Waals surface area contributed by atoms with Crippen LogP contribution in [0.4, 0.5) is 11.6 Å². The molecule has 2 amide bonds. The highest BCUT2D eigenvalue weighted by atomic mass is 16.2. The van der Waals surface area contributed by atoms with E-state index in [0.717, 1.165) is 0 Å². The minimum atomic E-state index is -0.462. The summed E-state index contributed by atoms with van der Waals surface area (Å²) in [6, 6.07) is 3.38. The molecule has 2 N–H and O–H groups in total. The normalized spacial score (nSPS) is 10.7. The molecular weight excluding hydrogens is 336 g/mol. The van der Waals surface area contributed by atoms with E-state index in [1.54, 1.807) is 40.9 Å². The number of rotatable bonds is 6. The molecule has 3 rings (SSSR count). The summed E-state index contributed by atoms with van der Waals surface area (Å²) >= 11 is 0. The molecular formula is C16H20N8O2. The van der Waals surface area contributed by atoms with Crippen molar-refractivity contribution in [2.45, 2.75) is 26.9 Å². The van der Waals surface area contributed by atoms with Crippen molar-refractivity contribution in [3.8, 4) is 0 Å². The first kappa shape index (κ1) is 17.4. The van der Waals surface area contributed by atoms with E-state index in [1.807, 2.05) is 13.8 Å². The molecule has 10 nitrogen and oxygen atoms in total. The Bertz CT molecular complexity index is 936. The molecule has 3 aromatic rings. The Hall–Kier alpha value is -3.43. The summed E-state index contributed by atoms with van der Waals surface area (Å²) in [5.74, 6) is -0.0980. The summed E-state index contributed by atoms with van der Waals surface area (Å²) < 4.78 is 4.73. The van der Waals surface area contributed by atoms with Gasteiger partial charge in [-0.1, -0.05) is 0 Å². The highest BCUT2D eigenvalue weighted by molar-refractivity contribution is 6.14. The second-order valence-corrected chi connectivity index (χ2v) is 5.55. The fourth-order valence-corrected chi connectivity index (χ4v) is 2.44. The van der Waals surface area contributed by atoms with E-state index in [-0.39, 0.29) is 11.3 Å². The predicted octanol–water partition coefficient (Wildman–Crippen LogP) is 1.36. The lowest BCUT2D eigenvalue weighted by molar-refractivity contribution is 0.0984. The maximum Gasteiger partial charge on any atom is 0.275 e. The van der Waals surface area contributed by atoms with Crippen molar-refractivity contribution >= 4 is 23.5 Å². The van der Waals surface area contributed by atoms with Crippen LogP contribution in [0.5, 0.6) is 0 Å². The molecule has 0 atom stereocenters. The molecule has 0 aromatic carbocycles. The van der Waals surface area contributed by atoms with Crippen LogP contribution < -0.4 is 10.6 Å². The van der Waals surface area contributed by atoms with Gasteiger partial charge in [-0.15, -0.1) is 0 Å². The van der Waals surface area contributed by atoms with Gasteiger partial charge in [-0.3, -0.25) is 23.6 Å². The minimum absolute atomic E-state index is 0.142. The van der Waals surface area contributed by atoms with Gasteiger partial charge in [0.2, 0.25) is 0 Å². The van der Waals surface area contributed by atoms with Gasteiger partial charge in [0.05, 0.1) is 11.8 Å². The van der Waals surface area contributed by atoms with Gasteiger partial charge < -0.3 is 10.6 Å². The third-order valence-corrected chi connectivity index (χ3v) is 3.81. The molecule has 3 aromatic heterocycles. The van der Waals surface area contributed by atoms with Crippen molar-refractivity contribution in [2.75, 3.05) is 10.6 Å². The van der Waals surface area contributed by atoms with Gasteiger partial charge in [0, 0.05) is 44.7 Å². The monoisotopic (exact) mass is 356 g/mol. The van der Waals surface area contributed by atoms with E-state index < -0.39 is 11.8 Å². The first-order valence-electron chi connectivity index (χ1n) is 8.23. The predicted molar refractivity (Wildman–Crippen MR) is 94.9 cm³/mol. The molecule has 10 heteroatoms. The maximum atomic E-state index is 12.6. The molecule has 0 fully saturated rings. The number of aromatic nitrogens is 6. The summed E-state index contributed by atoms with van der Waals surface area (Å²) in [6.07, 6.45) is 4.87. The molecule has 26 heavy (non-hydrogen) atoms. The first-order valence-corrected chi connectivity index (χ1v) is 8.23. The van der Waals surface area contributed by atoms with E-state index in [9.17, 15) is 9.59 Å². The lowest BCUT2D eigenvalue weighted by atomic mass is 10.2. The van der Waals surface area contributed by atoms with Gasteiger partial charge in [-0.2, -0.15) is 15.3 Å². The quantitative estimate of drug-likeness (QED) is 0.692. The van der Waals surface area contributed by atoms with Crippen LogP contribution in [-0.2, 0) is 20.1 Å². The maximum absolute atomic E-state index is 12.6. The Labute approximate surface area is 149 Å². The van der Waals surface area contributed by atoms with Gasteiger partial charge in [0.15, 0.2) is 11.6 Å². The Morgan fingerprint density at radius 1 is 0.962 bits per heavy atom. The van der Waals surface area contributed by atoms with Crippen LogP contribution in [0.3, 0.4) is 0 Å². The number of hydrogen-bond donors (Lipinski definition) is 2. The molecule has 3 heterocycles. The lowest BCUT2D eigenvalue weighted by Crippen LogP contribution is -2.22. The Morgan fingerprint density at radius 2 is 1.50 bits per heavy atom. The molecule has 0 bridgehead atoms. The van der Waals surface area contributed by atoms with Crippen molar-refractivity contribution in [3.05, 3.63) is 42.0 Å². The highest BCUT2D eigenvalue weighted by Crippen LogP contribution is 2.13. The van der Waals surface area contributed by atoms with Crippen LogP contribution in [0.2, 0.25) is 0 Å². The number of carbonyl (C=O) groups is 2. The molecule has 0 saturated heterocycles. The largest absolute Gasteiger partial charge is 0.305 e. The molecule has 0 aliphatic carbocycles. The summed E-state index contributed by atoms with van der Waals surface area (Å²) in [7, 11) is 1.60. The zero-order chi connectivity index (χ0) is 18.7. The van der Waals surface area contributed by atoms with Crippen LogP contribution in [0, 0.1) is 0 Å². The second-order valence-electron chi connectivity index (χ2n) is 5.55. The minimum Gasteiger partial charge on any atom is -0.305 e. The van der Waals surface area contributed by atoms with Gasteiger partial charge in [0.25, 0.3) is 11.8 Å². The number of nitrogens with one attached hydrogen (secondary N) is 2. The third kappa shape index (κ3) is 3.48. The Kier molecular flexibility index (Phi) is 4.83. The van der Waals surface area contributed by atoms with E-state index in [0.29, 0.717) is 24.7 Å². The molecule has 0 saturated carbocycles. The third-order valence-electron chi connectivity index (χ3n) is 3.81. The van der Waals surface area contributed by atoms with Gasteiger partial charge in [-0.25, -0.2) is 0 Å². The van der Waals surface area contributed by atoms with Crippen molar-refractivity contribution in [3.63, 3.8) is 0 Å². The number of anilines is 2.